The highest BCUT2D eigenvalue weighted by molar-refractivity contribution is 7.90. The van der Waals surface area contributed by atoms with Crippen LogP contribution in [0.3, 0.4) is 0 Å². The lowest BCUT2D eigenvalue weighted by Gasteiger charge is -2.05. The van der Waals surface area contributed by atoms with Gasteiger partial charge >= 0.3 is 0 Å². The molecule has 0 N–H and O–H groups in total. The molecule has 0 unspecified atom stereocenters. The Morgan fingerprint density at radius 2 is 1.90 bits per heavy atom. The molecule has 0 saturated carbocycles. The number of benzene rings is 1. The second kappa shape index (κ2) is 5.21. The first-order chi connectivity index (χ1) is 9.86. The number of nitrogens with zero attached hydrogens (tertiary/aromatic N) is 2. The third-order valence-electron chi connectivity index (χ3n) is 2.87. The van der Waals surface area contributed by atoms with Crippen LogP contribution in [-0.2, 0) is 9.84 Å². The number of rotatable bonds is 2. The van der Waals surface area contributed by atoms with Crippen molar-refractivity contribution in [3.05, 3.63) is 39.8 Å². The topological polar surface area (TPSA) is 59.9 Å². The molecule has 0 aliphatic rings. The standard InChI is InChI=1S/C13H8Cl2N2O2S2/c1-21(18,19)7-2-3-10-8(6-7)12(15)17-13(16-10)11-9(14)4-5-20-11/h2-6H,1H3. The average Bonchev–Trinajstić information content (AvgIpc) is 2.83. The van der Waals surface area contributed by atoms with Crippen molar-refractivity contribution in [1.82, 2.24) is 9.97 Å². The molecule has 0 amide bonds. The van der Waals surface area contributed by atoms with Crippen LogP contribution in [0.15, 0.2) is 34.5 Å². The summed E-state index contributed by atoms with van der Waals surface area (Å²) in [6.45, 7) is 0. The van der Waals surface area contributed by atoms with Crippen molar-refractivity contribution >= 4 is 55.3 Å². The number of aromatic nitrogens is 2. The fraction of sp³-hybridized carbons (Fsp3) is 0.0769. The zero-order valence-corrected chi connectivity index (χ0v) is 13.8. The maximum Gasteiger partial charge on any atom is 0.175 e. The molecule has 2 heterocycles. The van der Waals surface area contributed by atoms with Crippen LogP contribution in [-0.4, -0.2) is 24.6 Å². The average molecular weight is 359 g/mol. The van der Waals surface area contributed by atoms with Gasteiger partial charge in [0.1, 0.15) is 5.15 Å². The SMILES string of the molecule is CS(=O)(=O)c1ccc2nc(-c3sccc3Cl)nc(Cl)c2c1. The molecule has 1 aromatic carbocycles. The monoisotopic (exact) mass is 358 g/mol. The van der Waals surface area contributed by atoms with Gasteiger partial charge in [-0.05, 0) is 29.6 Å². The molecule has 0 fully saturated rings. The van der Waals surface area contributed by atoms with E-state index in [1.165, 1.54) is 23.5 Å². The molecule has 2 aromatic heterocycles. The summed E-state index contributed by atoms with van der Waals surface area (Å²) in [5.41, 5.74) is 0.571. The normalized spacial score (nSPS) is 12.0. The lowest BCUT2D eigenvalue weighted by atomic mass is 10.2. The van der Waals surface area contributed by atoms with Crippen molar-refractivity contribution < 1.29 is 8.42 Å². The molecular formula is C13H8Cl2N2O2S2. The Morgan fingerprint density at radius 3 is 2.52 bits per heavy atom. The molecule has 0 saturated heterocycles. The van der Waals surface area contributed by atoms with E-state index in [1.807, 2.05) is 5.38 Å². The van der Waals surface area contributed by atoms with E-state index in [1.54, 1.807) is 12.1 Å². The van der Waals surface area contributed by atoms with Crippen molar-refractivity contribution in [3.8, 4) is 10.7 Å². The second-order valence-electron chi connectivity index (χ2n) is 4.39. The van der Waals surface area contributed by atoms with E-state index in [2.05, 4.69) is 9.97 Å². The van der Waals surface area contributed by atoms with E-state index < -0.39 is 9.84 Å². The van der Waals surface area contributed by atoms with E-state index in [0.29, 0.717) is 21.7 Å². The highest BCUT2D eigenvalue weighted by Crippen LogP contribution is 2.33. The summed E-state index contributed by atoms with van der Waals surface area (Å²) in [6.07, 6.45) is 1.14. The van der Waals surface area contributed by atoms with E-state index in [9.17, 15) is 8.42 Å². The van der Waals surface area contributed by atoms with E-state index in [0.717, 1.165) is 11.1 Å². The van der Waals surface area contributed by atoms with Crippen molar-refractivity contribution in [2.45, 2.75) is 4.90 Å². The number of fused-ring (bicyclic) bond motifs is 1. The maximum atomic E-state index is 11.6. The van der Waals surface area contributed by atoms with Gasteiger partial charge in [-0.15, -0.1) is 11.3 Å². The van der Waals surface area contributed by atoms with Gasteiger partial charge in [-0.1, -0.05) is 23.2 Å². The minimum Gasteiger partial charge on any atom is -0.227 e. The van der Waals surface area contributed by atoms with Crippen molar-refractivity contribution in [2.75, 3.05) is 6.26 Å². The summed E-state index contributed by atoms with van der Waals surface area (Å²) in [7, 11) is -3.30. The van der Waals surface area contributed by atoms with Gasteiger partial charge in [0.15, 0.2) is 15.7 Å². The summed E-state index contributed by atoms with van der Waals surface area (Å²) in [6, 6.07) is 6.35. The van der Waals surface area contributed by atoms with Gasteiger partial charge in [0.25, 0.3) is 0 Å². The molecule has 0 atom stereocenters. The first-order valence-corrected chi connectivity index (χ1v) is 9.29. The van der Waals surface area contributed by atoms with Crippen LogP contribution in [0.2, 0.25) is 10.2 Å². The zero-order valence-electron chi connectivity index (χ0n) is 10.7. The summed E-state index contributed by atoms with van der Waals surface area (Å²) in [5, 5.41) is 3.09. The molecule has 0 spiro atoms. The van der Waals surface area contributed by atoms with E-state index in [-0.39, 0.29) is 10.0 Å². The number of hydrogen-bond donors (Lipinski definition) is 0. The summed E-state index contributed by atoms with van der Waals surface area (Å²) < 4.78 is 23.2. The lowest BCUT2D eigenvalue weighted by Crippen LogP contribution is -1.98. The third kappa shape index (κ3) is 2.76. The third-order valence-corrected chi connectivity index (χ3v) is 5.60. The van der Waals surface area contributed by atoms with Gasteiger partial charge in [-0.25, -0.2) is 18.4 Å². The minimum absolute atomic E-state index is 0.183. The predicted octanol–water partition coefficient (Wildman–Crippen LogP) is 4.07. The number of thiophene rings is 1. The molecule has 0 bridgehead atoms. The van der Waals surface area contributed by atoms with Crippen LogP contribution >= 0.6 is 34.5 Å². The maximum absolute atomic E-state index is 11.6. The second-order valence-corrected chi connectivity index (χ2v) is 8.08. The van der Waals surface area contributed by atoms with Crippen LogP contribution < -0.4 is 0 Å². The summed E-state index contributed by atoms with van der Waals surface area (Å²) in [5.74, 6) is 0.430. The van der Waals surface area contributed by atoms with Gasteiger partial charge in [0.2, 0.25) is 0 Å². The molecule has 3 aromatic rings. The molecule has 108 valence electrons. The Kier molecular flexibility index (Phi) is 3.65. The molecule has 0 aliphatic heterocycles. The highest BCUT2D eigenvalue weighted by Gasteiger charge is 2.14. The van der Waals surface area contributed by atoms with Crippen molar-refractivity contribution in [2.24, 2.45) is 0 Å². The smallest absolute Gasteiger partial charge is 0.175 e. The van der Waals surface area contributed by atoms with Crippen LogP contribution in [0.4, 0.5) is 0 Å². The van der Waals surface area contributed by atoms with Gasteiger partial charge in [0.05, 0.1) is 20.3 Å². The van der Waals surface area contributed by atoms with E-state index in [4.69, 9.17) is 23.2 Å². The first kappa shape index (κ1) is 14.7. The molecule has 3 rings (SSSR count). The summed E-state index contributed by atoms with van der Waals surface area (Å²) >= 11 is 13.7. The molecule has 0 aliphatic carbocycles. The van der Waals surface area contributed by atoms with Crippen LogP contribution in [0, 0.1) is 0 Å². The molecule has 0 radical (unpaired) electrons. The van der Waals surface area contributed by atoms with Gasteiger partial charge in [-0.3, -0.25) is 0 Å². The van der Waals surface area contributed by atoms with Crippen LogP contribution in [0.1, 0.15) is 0 Å². The first-order valence-electron chi connectivity index (χ1n) is 5.77. The quantitative estimate of drug-likeness (QED) is 0.647. The fourth-order valence-electron chi connectivity index (χ4n) is 1.86. The fourth-order valence-corrected chi connectivity index (χ4v) is 3.81. The molecule has 8 heteroatoms. The number of sulfone groups is 1. The van der Waals surface area contributed by atoms with Crippen molar-refractivity contribution in [1.29, 1.82) is 0 Å². The summed E-state index contributed by atoms with van der Waals surface area (Å²) in [4.78, 5) is 9.52. The Hall–Kier alpha value is -1.21. The lowest BCUT2D eigenvalue weighted by molar-refractivity contribution is 0.602. The molecule has 4 nitrogen and oxygen atoms in total. The number of hydrogen-bond acceptors (Lipinski definition) is 5. The van der Waals surface area contributed by atoms with Gasteiger partial charge in [0, 0.05) is 11.6 Å². The Labute approximate surface area is 135 Å². The Morgan fingerprint density at radius 1 is 1.14 bits per heavy atom. The molecule has 21 heavy (non-hydrogen) atoms. The Bertz CT molecular complexity index is 952. The van der Waals surface area contributed by atoms with E-state index >= 15 is 0 Å². The zero-order chi connectivity index (χ0) is 15.2. The number of halogens is 2. The van der Waals surface area contributed by atoms with Crippen LogP contribution in [0.25, 0.3) is 21.6 Å². The van der Waals surface area contributed by atoms with Gasteiger partial charge < -0.3 is 0 Å². The Balaban J connectivity index is 2.25. The predicted molar refractivity (Wildman–Crippen MR) is 86.0 cm³/mol. The largest absolute Gasteiger partial charge is 0.227 e. The highest BCUT2D eigenvalue weighted by atomic mass is 35.5. The van der Waals surface area contributed by atoms with Crippen molar-refractivity contribution in [3.63, 3.8) is 0 Å². The minimum atomic E-state index is -3.30. The van der Waals surface area contributed by atoms with Crippen LogP contribution in [0.5, 0.6) is 0 Å². The van der Waals surface area contributed by atoms with Gasteiger partial charge in [-0.2, -0.15) is 0 Å². The molecular weight excluding hydrogens is 351 g/mol.